The third-order valence-electron chi connectivity index (χ3n) is 3.94. The molecule has 0 aliphatic carbocycles. The summed E-state index contributed by atoms with van der Waals surface area (Å²) in [4.78, 5) is 24.4. The average Bonchev–Trinajstić information content (AvgIpc) is 2.97. The second kappa shape index (κ2) is 7.41. The molecule has 0 saturated carbocycles. The molecule has 0 aliphatic heterocycles. The van der Waals surface area contributed by atoms with Crippen molar-refractivity contribution in [2.75, 3.05) is 25.3 Å². The number of carbonyl (C=O) groups excluding carboxylic acids is 2. The number of hydrogen-bond acceptors (Lipinski definition) is 6. The van der Waals surface area contributed by atoms with Crippen LogP contribution < -0.4 is 15.8 Å². The van der Waals surface area contributed by atoms with Crippen LogP contribution in [-0.2, 0) is 9.53 Å². The van der Waals surface area contributed by atoms with Crippen molar-refractivity contribution in [1.29, 1.82) is 5.26 Å². The number of esters is 1. The maximum Gasteiger partial charge on any atom is 0.357 e. The Hall–Kier alpha value is -3.47. The predicted octanol–water partition coefficient (Wildman–Crippen LogP) is 2.71. The van der Waals surface area contributed by atoms with Crippen LogP contribution in [0.5, 0.6) is 5.75 Å². The van der Waals surface area contributed by atoms with Crippen LogP contribution in [0.4, 0.5) is 11.4 Å². The third-order valence-corrected chi connectivity index (χ3v) is 3.94. The maximum absolute atomic E-state index is 12.2. The highest BCUT2D eigenvalue weighted by Crippen LogP contribution is 2.31. The molecule has 0 radical (unpaired) electrons. The van der Waals surface area contributed by atoms with E-state index in [2.05, 4.69) is 5.32 Å². The number of carbonyl (C=O) groups is 2. The van der Waals surface area contributed by atoms with Gasteiger partial charge in [-0.05, 0) is 12.1 Å². The highest BCUT2D eigenvalue weighted by molar-refractivity contribution is 5.97. The molecule has 3 N–H and O–H groups in total. The summed E-state index contributed by atoms with van der Waals surface area (Å²) in [5.74, 6) is -0.439. The van der Waals surface area contributed by atoms with Crippen molar-refractivity contribution in [3.05, 3.63) is 35.7 Å². The molecular formula is C19H22N4O4. The van der Waals surface area contributed by atoms with Gasteiger partial charge < -0.3 is 25.1 Å². The average molecular weight is 370 g/mol. The molecule has 0 spiro atoms. The van der Waals surface area contributed by atoms with Gasteiger partial charge in [0.15, 0.2) is 5.69 Å². The van der Waals surface area contributed by atoms with Crippen LogP contribution in [0, 0.1) is 16.7 Å². The standard InChI is InChI=1S/C19H22N4O4/c1-19(2,3)18(25)22-13-7-6-12(8-14(13)26-4)23-10-11(9-20)15(21)16(23)17(24)27-5/h6-8,10H,21H2,1-5H3,(H,22,25). The normalized spacial score (nSPS) is 10.8. The van der Waals surface area contributed by atoms with E-state index in [0.717, 1.165) is 0 Å². The van der Waals surface area contributed by atoms with Crippen molar-refractivity contribution in [3.63, 3.8) is 0 Å². The SMILES string of the molecule is COC(=O)c1c(N)c(C#N)cn1-c1ccc(NC(=O)C(C)(C)C)c(OC)c1. The van der Waals surface area contributed by atoms with Gasteiger partial charge in [-0.15, -0.1) is 0 Å². The number of methoxy groups -OCH3 is 2. The zero-order chi connectivity index (χ0) is 20.4. The molecule has 1 heterocycles. The van der Waals surface area contributed by atoms with Gasteiger partial charge >= 0.3 is 5.97 Å². The largest absolute Gasteiger partial charge is 0.494 e. The zero-order valence-electron chi connectivity index (χ0n) is 15.9. The molecule has 8 heteroatoms. The minimum atomic E-state index is -0.668. The number of aromatic nitrogens is 1. The van der Waals surface area contributed by atoms with Crippen LogP contribution in [0.3, 0.4) is 0 Å². The Morgan fingerprint density at radius 2 is 1.93 bits per heavy atom. The predicted molar refractivity (Wildman–Crippen MR) is 101 cm³/mol. The fraction of sp³-hybridized carbons (Fsp3) is 0.316. The first-order valence-electron chi connectivity index (χ1n) is 8.13. The number of nitrogens with zero attached hydrogens (tertiary/aromatic N) is 2. The van der Waals surface area contributed by atoms with E-state index in [1.165, 1.54) is 25.0 Å². The minimum absolute atomic E-state index is 0.0356. The lowest BCUT2D eigenvalue weighted by Gasteiger charge is -2.19. The summed E-state index contributed by atoms with van der Waals surface area (Å²) in [6, 6.07) is 6.90. The Morgan fingerprint density at radius 1 is 1.26 bits per heavy atom. The van der Waals surface area contributed by atoms with E-state index in [9.17, 15) is 14.9 Å². The Morgan fingerprint density at radius 3 is 2.44 bits per heavy atom. The molecule has 1 amide bonds. The second-order valence-electron chi connectivity index (χ2n) is 6.87. The van der Waals surface area contributed by atoms with Crippen molar-refractivity contribution in [2.45, 2.75) is 20.8 Å². The number of hydrogen-bond donors (Lipinski definition) is 2. The Labute approximate surface area is 157 Å². The number of amides is 1. The molecule has 1 aromatic heterocycles. The van der Waals surface area contributed by atoms with Gasteiger partial charge in [-0.25, -0.2) is 4.79 Å². The van der Waals surface area contributed by atoms with Gasteiger partial charge in [0.25, 0.3) is 0 Å². The summed E-state index contributed by atoms with van der Waals surface area (Å²) < 4.78 is 11.6. The Balaban J connectivity index is 2.54. The number of rotatable bonds is 4. The summed E-state index contributed by atoms with van der Waals surface area (Å²) in [6.45, 7) is 5.41. The van der Waals surface area contributed by atoms with Crippen LogP contribution in [0.25, 0.3) is 5.69 Å². The highest BCUT2D eigenvalue weighted by atomic mass is 16.5. The van der Waals surface area contributed by atoms with E-state index in [-0.39, 0.29) is 22.9 Å². The van der Waals surface area contributed by atoms with Gasteiger partial charge in [0.05, 0.1) is 31.2 Å². The minimum Gasteiger partial charge on any atom is -0.494 e. The molecule has 2 aromatic rings. The molecule has 0 saturated heterocycles. The smallest absolute Gasteiger partial charge is 0.357 e. The third kappa shape index (κ3) is 3.87. The van der Waals surface area contributed by atoms with Gasteiger partial charge in [0.2, 0.25) is 5.91 Å². The quantitative estimate of drug-likeness (QED) is 0.799. The zero-order valence-corrected chi connectivity index (χ0v) is 15.9. The van der Waals surface area contributed by atoms with Gasteiger partial charge in [0, 0.05) is 23.4 Å². The van der Waals surface area contributed by atoms with Crippen molar-refractivity contribution < 1.29 is 19.1 Å². The lowest BCUT2D eigenvalue weighted by Crippen LogP contribution is -2.27. The fourth-order valence-electron chi connectivity index (χ4n) is 2.36. The van der Waals surface area contributed by atoms with Crippen LogP contribution >= 0.6 is 0 Å². The molecule has 1 aromatic carbocycles. The van der Waals surface area contributed by atoms with Gasteiger partial charge in [-0.1, -0.05) is 20.8 Å². The molecule has 0 atom stereocenters. The summed E-state index contributed by atoms with van der Waals surface area (Å²) in [5.41, 5.74) is 6.58. The number of nitriles is 1. The molecule has 2 rings (SSSR count). The fourth-order valence-corrected chi connectivity index (χ4v) is 2.36. The van der Waals surface area contributed by atoms with E-state index < -0.39 is 11.4 Å². The van der Waals surface area contributed by atoms with E-state index in [1.54, 1.807) is 39.0 Å². The molecule has 0 bridgehead atoms. The summed E-state index contributed by atoms with van der Waals surface area (Å²) in [7, 11) is 2.70. The molecule has 142 valence electrons. The number of benzene rings is 1. The Kier molecular flexibility index (Phi) is 5.45. The molecular weight excluding hydrogens is 348 g/mol. The summed E-state index contributed by atoms with van der Waals surface area (Å²) >= 11 is 0. The van der Waals surface area contributed by atoms with Crippen LogP contribution in [-0.4, -0.2) is 30.7 Å². The van der Waals surface area contributed by atoms with Crippen molar-refractivity contribution in [2.24, 2.45) is 5.41 Å². The molecule has 27 heavy (non-hydrogen) atoms. The summed E-state index contributed by atoms with van der Waals surface area (Å²) in [6.07, 6.45) is 1.45. The first-order chi connectivity index (χ1) is 12.6. The molecule has 0 aliphatic rings. The second-order valence-corrected chi connectivity index (χ2v) is 6.87. The van der Waals surface area contributed by atoms with E-state index in [4.69, 9.17) is 15.2 Å². The number of ether oxygens (including phenoxy) is 2. The first-order valence-corrected chi connectivity index (χ1v) is 8.13. The topological polar surface area (TPSA) is 119 Å². The van der Waals surface area contributed by atoms with E-state index in [0.29, 0.717) is 17.1 Å². The molecule has 0 unspecified atom stereocenters. The van der Waals surface area contributed by atoms with E-state index >= 15 is 0 Å². The van der Waals surface area contributed by atoms with Crippen molar-refractivity contribution in [1.82, 2.24) is 4.57 Å². The first kappa shape index (κ1) is 19.8. The number of nitrogens with one attached hydrogen (secondary N) is 1. The highest BCUT2D eigenvalue weighted by Gasteiger charge is 2.24. The van der Waals surface area contributed by atoms with Crippen LogP contribution in [0.15, 0.2) is 24.4 Å². The lowest BCUT2D eigenvalue weighted by atomic mass is 9.95. The molecule has 0 fully saturated rings. The Bertz CT molecular complexity index is 932. The lowest BCUT2D eigenvalue weighted by molar-refractivity contribution is -0.123. The van der Waals surface area contributed by atoms with Crippen LogP contribution in [0.2, 0.25) is 0 Å². The van der Waals surface area contributed by atoms with Crippen molar-refractivity contribution >= 4 is 23.3 Å². The number of nitrogen functional groups attached to an aromatic ring is 1. The van der Waals surface area contributed by atoms with Crippen molar-refractivity contribution in [3.8, 4) is 17.5 Å². The number of anilines is 2. The van der Waals surface area contributed by atoms with Crippen LogP contribution in [0.1, 0.15) is 36.8 Å². The van der Waals surface area contributed by atoms with E-state index in [1.807, 2.05) is 6.07 Å². The molecule has 8 nitrogen and oxygen atoms in total. The van der Waals surface area contributed by atoms with Gasteiger partial charge in [-0.2, -0.15) is 5.26 Å². The maximum atomic E-state index is 12.2. The number of nitrogens with two attached hydrogens (primary N) is 1. The van der Waals surface area contributed by atoms with Gasteiger partial charge in [0.1, 0.15) is 11.8 Å². The monoisotopic (exact) mass is 370 g/mol. The van der Waals surface area contributed by atoms with Gasteiger partial charge in [-0.3, -0.25) is 4.79 Å². The summed E-state index contributed by atoms with van der Waals surface area (Å²) in [5, 5.41) is 12.0.